The molecule has 2 rings (SSSR count). The number of rotatable bonds is 4. The van der Waals surface area contributed by atoms with Crippen molar-refractivity contribution in [2.45, 2.75) is 13.5 Å². The summed E-state index contributed by atoms with van der Waals surface area (Å²) in [6.07, 6.45) is 0. The number of benzene rings is 2. The summed E-state index contributed by atoms with van der Waals surface area (Å²) >= 11 is 0. The second kappa shape index (κ2) is 7.28. The summed E-state index contributed by atoms with van der Waals surface area (Å²) in [7, 11) is 0. The van der Waals surface area contributed by atoms with E-state index in [0.717, 1.165) is 11.1 Å². The molecular weight excluding hydrogens is 310 g/mol. The molecule has 7 nitrogen and oxygen atoms in total. The summed E-state index contributed by atoms with van der Waals surface area (Å²) in [5.74, 6) is -1.85. The lowest BCUT2D eigenvalue weighted by Crippen LogP contribution is -2.39. The molecule has 124 valence electrons. The molecule has 0 bridgehead atoms. The molecule has 0 atom stereocenters. The van der Waals surface area contributed by atoms with Crippen molar-refractivity contribution in [1.29, 1.82) is 0 Å². The van der Waals surface area contributed by atoms with Crippen LogP contribution in [0.4, 0.5) is 10.5 Å². The lowest BCUT2D eigenvalue weighted by atomic mass is 10.1. The number of nitrogen functional groups attached to an aromatic ring is 1. The highest BCUT2D eigenvalue weighted by Gasteiger charge is 2.15. The highest BCUT2D eigenvalue weighted by molar-refractivity contribution is 6.07. The van der Waals surface area contributed by atoms with Crippen molar-refractivity contribution in [3.05, 3.63) is 64.7 Å². The second-order valence-electron chi connectivity index (χ2n) is 5.17. The smallest absolute Gasteiger partial charge is 0.335 e. The number of carboxylic acid groups (broad SMARTS) is 1. The molecule has 0 aliphatic rings. The Kier molecular flexibility index (Phi) is 5.16. The van der Waals surface area contributed by atoms with Crippen molar-refractivity contribution < 1.29 is 19.5 Å². The predicted octanol–water partition coefficient (Wildman–Crippen LogP) is 1.92. The van der Waals surface area contributed by atoms with Gasteiger partial charge in [0.1, 0.15) is 0 Å². The van der Waals surface area contributed by atoms with E-state index >= 15 is 0 Å². The van der Waals surface area contributed by atoms with Crippen LogP contribution >= 0.6 is 0 Å². The number of nitrogens with one attached hydrogen (secondary N) is 2. The van der Waals surface area contributed by atoms with Crippen LogP contribution in [0.5, 0.6) is 0 Å². The first kappa shape index (κ1) is 17.0. The number of hydrogen-bond donors (Lipinski definition) is 4. The number of aryl methyl sites for hydroxylation is 1. The molecule has 0 aromatic heterocycles. The molecule has 7 heteroatoms. The molecule has 3 amide bonds. The summed E-state index contributed by atoms with van der Waals surface area (Å²) in [6.45, 7) is 2.20. The number of carboxylic acids is 1. The minimum atomic E-state index is -1.15. The van der Waals surface area contributed by atoms with Crippen molar-refractivity contribution >= 4 is 23.6 Å². The van der Waals surface area contributed by atoms with E-state index in [4.69, 9.17) is 10.8 Å². The third-order valence-electron chi connectivity index (χ3n) is 3.47. The van der Waals surface area contributed by atoms with Crippen molar-refractivity contribution in [3.8, 4) is 0 Å². The summed E-state index contributed by atoms with van der Waals surface area (Å²) in [4.78, 5) is 34.7. The van der Waals surface area contributed by atoms with Crippen LogP contribution in [0.2, 0.25) is 0 Å². The van der Waals surface area contributed by atoms with Gasteiger partial charge in [-0.1, -0.05) is 24.3 Å². The predicted molar refractivity (Wildman–Crippen MR) is 88.7 cm³/mol. The number of anilines is 1. The van der Waals surface area contributed by atoms with Crippen LogP contribution in [0.3, 0.4) is 0 Å². The van der Waals surface area contributed by atoms with Gasteiger partial charge in [-0.15, -0.1) is 0 Å². The molecule has 5 N–H and O–H groups in total. The molecule has 0 fully saturated rings. The van der Waals surface area contributed by atoms with Gasteiger partial charge in [-0.2, -0.15) is 0 Å². The Hall–Kier alpha value is -3.35. The largest absolute Gasteiger partial charge is 0.478 e. The van der Waals surface area contributed by atoms with Crippen LogP contribution in [0, 0.1) is 6.92 Å². The normalized spacial score (nSPS) is 10.0. The minimum Gasteiger partial charge on any atom is -0.478 e. The fraction of sp³-hybridized carbons (Fsp3) is 0.118. The molecule has 0 aliphatic heterocycles. The average Bonchev–Trinajstić information content (AvgIpc) is 2.53. The lowest BCUT2D eigenvalue weighted by molar-refractivity contribution is 0.0696. The lowest BCUT2D eigenvalue weighted by Gasteiger charge is -2.10. The van der Waals surface area contributed by atoms with Crippen molar-refractivity contribution in [1.82, 2.24) is 10.6 Å². The maximum Gasteiger partial charge on any atom is 0.335 e. The van der Waals surface area contributed by atoms with Gasteiger partial charge in [-0.3, -0.25) is 10.1 Å². The minimum absolute atomic E-state index is 0.0147. The summed E-state index contributed by atoms with van der Waals surface area (Å²) in [6, 6.07) is 10.6. The van der Waals surface area contributed by atoms with Crippen LogP contribution in [0.15, 0.2) is 42.5 Å². The molecule has 0 spiro atoms. The molecule has 2 aromatic rings. The van der Waals surface area contributed by atoms with Gasteiger partial charge in [0, 0.05) is 12.2 Å². The van der Waals surface area contributed by atoms with E-state index in [2.05, 4.69) is 10.6 Å². The Morgan fingerprint density at radius 3 is 2.46 bits per heavy atom. The SMILES string of the molecule is Cc1ccccc1CNC(=O)NC(=O)c1ccc(C(=O)O)cc1N. The maximum absolute atomic E-state index is 12.0. The van der Waals surface area contributed by atoms with Gasteiger partial charge in [-0.05, 0) is 36.2 Å². The van der Waals surface area contributed by atoms with Crippen molar-refractivity contribution in [2.24, 2.45) is 0 Å². The van der Waals surface area contributed by atoms with Gasteiger partial charge >= 0.3 is 12.0 Å². The van der Waals surface area contributed by atoms with E-state index in [1.54, 1.807) is 0 Å². The fourth-order valence-corrected chi connectivity index (χ4v) is 2.10. The Morgan fingerprint density at radius 2 is 1.83 bits per heavy atom. The van der Waals surface area contributed by atoms with Crippen LogP contribution in [-0.4, -0.2) is 23.0 Å². The molecule has 0 heterocycles. The molecule has 0 radical (unpaired) electrons. The molecule has 0 saturated carbocycles. The Balaban J connectivity index is 1.98. The third-order valence-corrected chi connectivity index (χ3v) is 3.47. The first-order valence-electron chi connectivity index (χ1n) is 7.15. The molecule has 2 aromatic carbocycles. The monoisotopic (exact) mass is 327 g/mol. The molecular formula is C17H17N3O4. The van der Waals surface area contributed by atoms with Gasteiger partial charge in [0.2, 0.25) is 0 Å². The summed E-state index contributed by atoms with van der Waals surface area (Å²) in [5, 5.41) is 13.6. The van der Waals surface area contributed by atoms with Crippen LogP contribution in [0.1, 0.15) is 31.8 Å². The van der Waals surface area contributed by atoms with Crippen LogP contribution in [-0.2, 0) is 6.54 Å². The molecule has 0 aliphatic carbocycles. The number of hydrogen-bond acceptors (Lipinski definition) is 4. The summed E-state index contributed by atoms with van der Waals surface area (Å²) in [5.41, 5.74) is 7.61. The second-order valence-corrected chi connectivity index (χ2v) is 5.17. The van der Waals surface area contributed by atoms with Crippen molar-refractivity contribution in [3.63, 3.8) is 0 Å². The Labute approximate surface area is 138 Å². The quantitative estimate of drug-likeness (QED) is 0.639. The zero-order chi connectivity index (χ0) is 17.7. The van der Waals surface area contributed by atoms with Gasteiger partial charge in [-0.25, -0.2) is 9.59 Å². The van der Waals surface area contributed by atoms with Crippen LogP contribution < -0.4 is 16.4 Å². The molecule has 0 unspecified atom stereocenters. The average molecular weight is 327 g/mol. The number of amides is 3. The maximum atomic E-state index is 12.0. The van der Waals surface area contributed by atoms with E-state index in [-0.39, 0.29) is 23.4 Å². The zero-order valence-corrected chi connectivity index (χ0v) is 13.0. The number of aromatic carboxylic acids is 1. The van der Waals surface area contributed by atoms with E-state index < -0.39 is 17.9 Å². The fourth-order valence-electron chi connectivity index (χ4n) is 2.10. The van der Waals surface area contributed by atoms with E-state index in [1.165, 1.54) is 18.2 Å². The van der Waals surface area contributed by atoms with Gasteiger partial charge in [0.15, 0.2) is 0 Å². The van der Waals surface area contributed by atoms with Crippen molar-refractivity contribution in [2.75, 3.05) is 5.73 Å². The number of nitrogens with two attached hydrogens (primary N) is 1. The first-order chi connectivity index (χ1) is 11.4. The molecule has 0 saturated heterocycles. The van der Waals surface area contributed by atoms with Gasteiger partial charge in [0.25, 0.3) is 5.91 Å². The highest BCUT2D eigenvalue weighted by atomic mass is 16.4. The van der Waals surface area contributed by atoms with E-state index in [0.29, 0.717) is 0 Å². The molecule has 24 heavy (non-hydrogen) atoms. The first-order valence-corrected chi connectivity index (χ1v) is 7.15. The van der Waals surface area contributed by atoms with Crippen LogP contribution in [0.25, 0.3) is 0 Å². The Morgan fingerprint density at radius 1 is 1.12 bits per heavy atom. The van der Waals surface area contributed by atoms with Gasteiger partial charge in [0.05, 0.1) is 11.1 Å². The van der Waals surface area contributed by atoms with E-state index in [9.17, 15) is 14.4 Å². The number of carbonyl (C=O) groups excluding carboxylic acids is 2. The number of urea groups is 1. The van der Waals surface area contributed by atoms with E-state index in [1.807, 2.05) is 31.2 Å². The zero-order valence-electron chi connectivity index (χ0n) is 13.0. The number of imide groups is 1. The number of carbonyl (C=O) groups is 3. The Bertz CT molecular complexity index is 802. The topological polar surface area (TPSA) is 122 Å². The van der Waals surface area contributed by atoms with Gasteiger partial charge < -0.3 is 16.2 Å². The highest BCUT2D eigenvalue weighted by Crippen LogP contribution is 2.14. The third kappa shape index (κ3) is 4.10. The summed E-state index contributed by atoms with van der Waals surface area (Å²) < 4.78 is 0. The standard InChI is InChI=1S/C17H17N3O4/c1-10-4-2-3-5-12(10)9-19-17(24)20-15(21)13-7-6-11(16(22)23)8-14(13)18/h2-8H,9,18H2,1H3,(H,22,23)(H2,19,20,21,24).